The van der Waals surface area contributed by atoms with Crippen LogP contribution in [-0.2, 0) is 0 Å². The number of likely N-dealkylation sites (tertiary alicyclic amines) is 1. The Balaban J connectivity index is 2.24. The van der Waals surface area contributed by atoms with E-state index in [2.05, 4.69) is 0 Å². The highest BCUT2D eigenvalue weighted by Gasteiger charge is 2.26. The fourth-order valence-corrected chi connectivity index (χ4v) is 1.33. The Labute approximate surface area is 60.0 Å². The first-order chi connectivity index (χ1) is 4.58. The van der Waals surface area contributed by atoms with E-state index < -0.39 is 5.92 Å². The van der Waals surface area contributed by atoms with Crippen LogP contribution >= 0.6 is 0 Å². The van der Waals surface area contributed by atoms with Crippen molar-refractivity contribution in [2.75, 3.05) is 19.6 Å². The van der Waals surface area contributed by atoms with Crippen molar-refractivity contribution in [3.8, 4) is 0 Å². The largest absolute Gasteiger partial charge is 0.298 e. The van der Waals surface area contributed by atoms with Crippen molar-refractivity contribution in [1.29, 1.82) is 0 Å². The van der Waals surface area contributed by atoms with Gasteiger partial charge in [-0.15, -0.1) is 0 Å². The third-order valence-corrected chi connectivity index (χ3v) is 1.70. The third-order valence-electron chi connectivity index (χ3n) is 1.70. The molecular weight excluding hydrogens is 136 g/mol. The van der Waals surface area contributed by atoms with Crippen molar-refractivity contribution in [2.45, 2.75) is 25.7 Å². The summed E-state index contributed by atoms with van der Waals surface area (Å²) in [6, 6.07) is 0. The van der Waals surface area contributed by atoms with Gasteiger partial charge in [0.25, 0.3) is 5.92 Å². The van der Waals surface area contributed by atoms with Crippen LogP contribution in [0.4, 0.5) is 8.78 Å². The molecule has 0 amide bonds. The summed E-state index contributed by atoms with van der Waals surface area (Å²) in [5.74, 6) is -2.51. The van der Waals surface area contributed by atoms with Crippen LogP contribution in [0.3, 0.4) is 0 Å². The lowest BCUT2D eigenvalue weighted by Gasteiger charge is -2.18. The van der Waals surface area contributed by atoms with Crippen molar-refractivity contribution in [3.63, 3.8) is 0 Å². The number of hydrogen-bond acceptors (Lipinski definition) is 1. The van der Waals surface area contributed by atoms with Crippen molar-refractivity contribution in [2.24, 2.45) is 0 Å². The average molecular weight is 149 g/mol. The van der Waals surface area contributed by atoms with Crippen LogP contribution in [0.25, 0.3) is 0 Å². The Bertz CT molecular complexity index is 103. The second-order valence-corrected chi connectivity index (χ2v) is 3.05. The van der Waals surface area contributed by atoms with Crippen molar-refractivity contribution in [3.05, 3.63) is 0 Å². The van der Waals surface area contributed by atoms with E-state index in [0.717, 1.165) is 32.9 Å². The number of hydrogen-bond donors (Lipinski definition) is 0. The molecule has 0 aliphatic carbocycles. The van der Waals surface area contributed by atoms with E-state index >= 15 is 0 Å². The van der Waals surface area contributed by atoms with Gasteiger partial charge in [-0.05, 0) is 25.9 Å². The van der Waals surface area contributed by atoms with E-state index in [1.807, 2.05) is 4.90 Å². The fourth-order valence-electron chi connectivity index (χ4n) is 1.33. The first kappa shape index (κ1) is 7.92. The molecule has 1 nitrogen and oxygen atoms in total. The zero-order valence-corrected chi connectivity index (χ0v) is 6.24. The maximum atomic E-state index is 12.3. The van der Waals surface area contributed by atoms with Gasteiger partial charge in [-0.1, -0.05) is 0 Å². The van der Waals surface area contributed by atoms with E-state index in [4.69, 9.17) is 0 Å². The van der Waals surface area contributed by atoms with Crippen LogP contribution in [0.2, 0.25) is 0 Å². The number of nitrogens with zero attached hydrogens (tertiary/aromatic N) is 1. The molecule has 1 saturated heterocycles. The topological polar surface area (TPSA) is 3.24 Å². The second kappa shape index (κ2) is 2.82. The van der Waals surface area contributed by atoms with Crippen LogP contribution in [0, 0.1) is 0 Å². The highest BCUT2D eigenvalue weighted by Crippen LogP contribution is 2.17. The molecule has 0 radical (unpaired) electrons. The Hall–Kier alpha value is -0.180. The average Bonchev–Trinajstić information content (AvgIpc) is 2.12. The molecule has 0 bridgehead atoms. The molecule has 0 aromatic carbocycles. The molecule has 0 atom stereocenters. The Morgan fingerprint density at radius 3 is 2.20 bits per heavy atom. The molecule has 0 spiro atoms. The molecule has 0 aromatic heterocycles. The molecule has 0 unspecified atom stereocenters. The van der Waals surface area contributed by atoms with E-state index in [1.54, 1.807) is 0 Å². The maximum Gasteiger partial charge on any atom is 0.257 e. The van der Waals surface area contributed by atoms with Gasteiger partial charge < -0.3 is 0 Å². The van der Waals surface area contributed by atoms with Gasteiger partial charge in [-0.2, -0.15) is 0 Å². The highest BCUT2D eigenvalue weighted by molar-refractivity contribution is 4.71. The summed E-state index contributed by atoms with van der Waals surface area (Å²) >= 11 is 0. The minimum Gasteiger partial charge on any atom is -0.298 e. The highest BCUT2D eigenvalue weighted by atomic mass is 19.3. The Morgan fingerprint density at radius 1 is 1.30 bits per heavy atom. The number of alkyl halides is 2. The van der Waals surface area contributed by atoms with Gasteiger partial charge in [-0.25, -0.2) is 8.78 Å². The lowest BCUT2D eigenvalue weighted by molar-refractivity contribution is -0.00854. The van der Waals surface area contributed by atoms with Gasteiger partial charge in [-0.3, -0.25) is 4.90 Å². The SMILES string of the molecule is CC(F)(F)CN1CCCC1. The molecule has 1 aliphatic heterocycles. The summed E-state index contributed by atoms with van der Waals surface area (Å²) in [6.45, 7) is 2.62. The van der Waals surface area contributed by atoms with Gasteiger partial charge >= 0.3 is 0 Å². The third kappa shape index (κ3) is 2.60. The van der Waals surface area contributed by atoms with E-state index in [-0.39, 0.29) is 6.54 Å². The molecule has 1 fully saturated rings. The van der Waals surface area contributed by atoms with Gasteiger partial charge in [0.05, 0.1) is 6.54 Å². The van der Waals surface area contributed by atoms with E-state index in [1.165, 1.54) is 0 Å². The molecule has 10 heavy (non-hydrogen) atoms. The van der Waals surface area contributed by atoms with Gasteiger partial charge in [0.15, 0.2) is 0 Å². The zero-order chi connectivity index (χ0) is 7.61. The van der Waals surface area contributed by atoms with Gasteiger partial charge in [0.1, 0.15) is 0 Å². The molecule has 60 valence electrons. The normalized spacial score (nSPS) is 21.9. The predicted molar refractivity (Wildman–Crippen MR) is 36.3 cm³/mol. The van der Waals surface area contributed by atoms with Crippen LogP contribution in [-0.4, -0.2) is 30.5 Å². The lowest BCUT2D eigenvalue weighted by Crippen LogP contribution is -2.32. The smallest absolute Gasteiger partial charge is 0.257 e. The Morgan fingerprint density at radius 2 is 1.80 bits per heavy atom. The molecular formula is C7H13F2N. The van der Waals surface area contributed by atoms with Crippen LogP contribution < -0.4 is 0 Å². The molecule has 0 aromatic rings. The Kier molecular flexibility index (Phi) is 2.24. The van der Waals surface area contributed by atoms with Gasteiger partial charge in [0.2, 0.25) is 0 Å². The minimum absolute atomic E-state index is 0.0625. The summed E-state index contributed by atoms with van der Waals surface area (Å²) in [5.41, 5.74) is 0. The lowest BCUT2D eigenvalue weighted by atomic mass is 10.3. The summed E-state index contributed by atoms with van der Waals surface area (Å²) in [5, 5.41) is 0. The summed E-state index contributed by atoms with van der Waals surface area (Å²) in [4.78, 5) is 1.82. The van der Waals surface area contributed by atoms with Crippen molar-refractivity contribution < 1.29 is 8.78 Å². The summed E-state index contributed by atoms with van der Waals surface area (Å²) in [7, 11) is 0. The molecule has 1 aliphatic rings. The van der Waals surface area contributed by atoms with Gasteiger partial charge in [0, 0.05) is 6.92 Å². The summed E-state index contributed by atoms with van der Waals surface area (Å²) in [6.07, 6.45) is 2.16. The first-order valence-corrected chi connectivity index (χ1v) is 3.68. The molecule has 1 heterocycles. The molecule has 1 rings (SSSR count). The van der Waals surface area contributed by atoms with Crippen LogP contribution in [0.1, 0.15) is 19.8 Å². The first-order valence-electron chi connectivity index (χ1n) is 3.68. The standard InChI is InChI=1S/C7H13F2N/c1-7(8,9)6-10-4-2-3-5-10/h2-6H2,1H3. The monoisotopic (exact) mass is 149 g/mol. The maximum absolute atomic E-state index is 12.3. The zero-order valence-electron chi connectivity index (χ0n) is 6.24. The molecule has 3 heteroatoms. The fraction of sp³-hybridized carbons (Fsp3) is 1.00. The van der Waals surface area contributed by atoms with E-state index in [0.29, 0.717) is 0 Å². The minimum atomic E-state index is -2.51. The van der Waals surface area contributed by atoms with Crippen molar-refractivity contribution in [1.82, 2.24) is 4.90 Å². The van der Waals surface area contributed by atoms with Crippen LogP contribution in [0.5, 0.6) is 0 Å². The van der Waals surface area contributed by atoms with Crippen LogP contribution in [0.15, 0.2) is 0 Å². The number of rotatable bonds is 2. The van der Waals surface area contributed by atoms with E-state index in [9.17, 15) is 8.78 Å². The second-order valence-electron chi connectivity index (χ2n) is 3.05. The summed E-state index contributed by atoms with van der Waals surface area (Å²) < 4.78 is 24.7. The molecule has 0 N–H and O–H groups in total. The quantitative estimate of drug-likeness (QED) is 0.578. The van der Waals surface area contributed by atoms with Crippen molar-refractivity contribution >= 4 is 0 Å². The predicted octanol–water partition coefficient (Wildman–Crippen LogP) is 1.74. The number of halogens is 2. The molecule has 0 saturated carbocycles.